The van der Waals surface area contributed by atoms with Gasteiger partial charge in [0.05, 0.1) is 5.69 Å². The van der Waals surface area contributed by atoms with Gasteiger partial charge < -0.3 is 14.8 Å². The van der Waals surface area contributed by atoms with E-state index < -0.39 is 0 Å². The number of amides is 1. The maximum Gasteiger partial charge on any atom is 0.248 e. The summed E-state index contributed by atoms with van der Waals surface area (Å²) in [5, 5.41) is 14.4. The molecule has 1 amide bonds. The largest absolute Gasteiger partial charge is 0.486 e. The van der Waals surface area contributed by atoms with Crippen molar-refractivity contribution in [2.45, 2.75) is 13.8 Å². The number of ether oxygens (including phenoxy) is 2. The van der Waals surface area contributed by atoms with Crippen molar-refractivity contribution in [2.24, 2.45) is 0 Å². The molecule has 0 spiro atoms. The van der Waals surface area contributed by atoms with Crippen molar-refractivity contribution in [3.63, 3.8) is 0 Å². The zero-order valence-corrected chi connectivity index (χ0v) is 15.5. The normalized spacial score (nSPS) is 12.9. The van der Waals surface area contributed by atoms with Crippen molar-refractivity contribution in [2.75, 3.05) is 18.5 Å². The number of aryl methyl sites for hydroxylation is 2. The predicted octanol–water partition coefficient (Wildman–Crippen LogP) is 2.70. The number of hydrogen-bond donors (Lipinski definition) is 1. The number of aromatic nitrogens is 4. The van der Waals surface area contributed by atoms with Crippen LogP contribution in [0.15, 0.2) is 42.5 Å². The van der Waals surface area contributed by atoms with Gasteiger partial charge in [0, 0.05) is 11.8 Å². The zero-order valence-electron chi connectivity index (χ0n) is 15.5. The highest BCUT2D eigenvalue weighted by Crippen LogP contribution is 2.31. The lowest BCUT2D eigenvalue weighted by Crippen LogP contribution is -2.15. The molecule has 0 saturated heterocycles. The van der Waals surface area contributed by atoms with E-state index in [1.807, 2.05) is 50.2 Å². The zero-order chi connectivity index (χ0) is 19.5. The van der Waals surface area contributed by atoms with Crippen LogP contribution in [0.5, 0.6) is 11.5 Å². The molecule has 0 bridgehead atoms. The monoisotopic (exact) mass is 377 g/mol. The summed E-state index contributed by atoms with van der Waals surface area (Å²) in [5.41, 5.74) is 3.33. The molecular formula is C20H19N5O3. The Morgan fingerprint density at radius 1 is 1.11 bits per heavy atom. The van der Waals surface area contributed by atoms with Crippen LogP contribution in [0.25, 0.3) is 11.8 Å². The van der Waals surface area contributed by atoms with Gasteiger partial charge in [-0.2, -0.15) is 4.68 Å². The minimum atomic E-state index is -0.238. The molecule has 1 N–H and O–H groups in total. The lowest BCUT2D eigenvalue weighted by molar-refractivity contribution is -0.111. The Morgan fingerprint density at radius 2 is 1.93 bits per heavy atom. The topological polar surface area (TPSA) is 91.2 Å². The van der Waals surface area contributed by atoms with Gasteiger partial charge in [-0.05, 0) is 65.7 Å². The predicted molar refractivity (Wildman–Crippen MR) is 104 cm³/mol. The Morgan fingerprint density at radius 3 is 2.71 bits per heavy atom. The molecule has 142 valence electrons. The van der Waals surface area contributed by atoms with Crippen LogP contribution in [0.3, 0.4) is 0 Å². The molecule has 3 aromatic rings. The number of benzene rings is 2. The fourth-order valence-corrected chi connectivity index (χ4v) is 2.89. The lowest BCUT2D eigenvalue weighted by atomic mass is 10.1. The van der Waals surface area contributed by atoms with Crippen LogP contribution >= 0.6 is 0 Å². The van der Waals surface area contributed by atoms with E-state index in [0.29, 0.717) is 30.5 Å². The van der Waals surface area contributed by atoms with Crippen molar-refractivity contribution >= 4 is 17.7 Å². The lowest BCUT2D eigenvalue weighted by Gasteiger charge is -2.18. The van der Waals surface area contributed by atoms with Crippen molar-refractivity contribution in [3.8, 4) is 17.2 Å². The summed E-state index contributed by atoms with van der Waals surface area (Å²) in [5.74, 6) is 1.84. The third-order valence-corrected chi connectivity index (χ3v) is 4.32. The standard InChI is InChI=1S/C20H19N5O3/c1-13-3-6-16(12-17(13)25-14(2)22-23-24-25)21-20(26)8-5-15-4-7-18-19(11-15)28-10-9-27-18/h3-8,11-12H,9-10H2,1-2H3,(H,21,26)/b8-5+. The number of tetrazole rings is 1. The number of carbonyl (C=O) groups is 1. The van der Waals surface area contributed by atoms with E-state index in [4.69, 9.17) is 9.47 Å². The van der Waals surface area contributed by atoms with Crippen LogP contribution < -0.4 is 14.8 Å². The van der Waals surface area contributed by atoms with Gasteiger partial charge in [-0.15, -0.1) is 5.10 Å². The summed E-state index contributed by atoms with van der Waals surface area (Å²) in [6.07, 6.45) is 3.21. The van der Waals surface area contributed by atoms with Crippen LogP contribution in [-0.4, -0.2) is 39.3 Å². The van der Waals surface area contributed by atoms with Crippen molar-refractivity contribution < 1.29 is 14.3 Å². The van der Waals surface area contributed by atoms with Gasteiger partial charge in [-0.3, -0.25) is 4.79 Å². The second kappa shape index (κ2) is 7.51. The second-order valence-corrected chi connectivity index (χ2v) is 6.36. The summed E-state index contributed by atoms with van der Waals surface area (Å²) >= 11 is 0. The fraction of sp³-hybridized carbons (Fsp3) is 0.200. The van der Waals surface area contributed by atoms with Crippen LogP contribution in [0.2, 0.25) is 0 Å². The minimum absolute atomic E-state index is 0.238. The molecule has 1 aliphatic heterocycles. The van der Waals surface area contributed by atoms with E-state index in [0.717, 1.165) is 22.6 Å². The molecule has 1 aliphatic rings. The number of nitrogens with one attached hydrogen (secondary N) is 1. The summed E-state index contributed by atoms with van der Waals surface area (Å²) in [6, 6.07) is 11.2. The average Bonchev–Trinajstić information content (AvgIpc) is 3.13. The van der Waals surface area contributed by atoms with Gasteiger partial charge in [-0.1, -0.05) is 12.1 Å². The van der Waals surface area contributed by atoms with Gasteiger partial charge >= 0.3 is 0 Å². The number of hydrogen-bond acceptors (Lipinski definition) is 6. The molecule has 1 aromatic heterocycles. The van der Waals surface area contributed by atoms with Gasteiger partial charge in [0.25, 0.3) is 0 Å². The molecule has 0 radical (unpaired) electrons. The Hall–Kier alpha value is -3.68. The molecule has 0 aliphatic carbocycles. The SMILES string of the molecule is Cc1ccc(NC(=O)/C=C/c2ccc3c(c2)OCCO3)cc1-n1nnnc1C. The molecule has 8 heteroatoms. The first kappa shape index (κ1) is 17.7. The minimum Gasteiger partial charge on any atom is -0.486 e. The van der Waals surface area contributed by atoms with Crippen LogP contribution in [0.1, 0.15) is 17.0 Å². The first-order chi connectivity index (χ1) is 13.6. The first-order valence-electron chi connectivity index (χ1n) is 8.85. The van der Waals surface area contributed by atoms with Crippen molar-refractivity contribution in [1.29, 1.82) is 0 Å². The molecule has 28 heavy (non-hydrogen) atoms. The Bertz CT molecular complexity index is 1060. The highest BCUT2D eigenvalue weighted by molar-refractivity contribution is 6.02. The van der Waals surface area contributed by atoms with E-state index in [2.05, 4.69) is 20.8 Å². The average molecular weight is 377 g/mol. The van der Waals surface area contributed by atoms with E-state index >= 15 is 0 Å². The molecule has 0 saturated carbocycles. The maximum atomic E-state index is 12.3. The molecule has 2 heterocycles. The molecule has 2 aromatic carbocycles. The number of anilines is 1. The summed E-state index contributed by atoms with van der Waals surface area (Å²) in [7, 11) is 0. The molecule has 8 nitrogen and oxygen atoms in total. The third-order valence-electron chi connectivity index (χ3n) is 4.32. The summed E-state index contributed by atoms with van der Waals surface area (Å²) in [6.45, 7) is 4.86. The molecule has 4 rings (SSSR count). The molecular weight excluding hydrogens is 358 g/mol. The molecule has 0 unspecified atom stereocenters. The Labute approximate surface area is 161 Å². The fourth-order valence-electron chi connectivity index (χ4n) is 2.89. The number of fused-ring (bicyclic) bond motifs is 1. The Kier molecular flexibility index (Phi) is 4.76. The van der Waals surface area contributed by atoms with Crippen LogP contribution in [0.4, 0.5) is 5.69 Å². The third kappa shape index (κ3) is 3.71. The quantitative estimate of drug-likeness (QED) is 0.703. The number of rotatable bonds is 4. The number of nitrogens with zero attached hydrogens (tertiary/aromatic N) is 4. The second-order valence-electron chi connectivity index (χ2n) is 6.36. The first-order valence-corrected chi connectivity index (χ1v) is 8.85. The highest BCUT2D eigenvalue weighted by Gasteiger charge is 2.11. The van der Waals surface area contributed by atoms with Gasteiger partial charge in [0.2, 0.25) is 5.91 Å². The van der Waals surface area contributed by atoms with Crippen LogP contribution in [-0.2, 0) is 4.79 Å². The van der Waals surface area contributed by atoms with Gasteiger partial charge in [0.1, 0.15) is 13.2 Å². The highest BCUT2D eigenvalue weighted by atomic mass is 16.6. The van der Waals surface area contributed by atoms with E-state index in [1.165, 1.54) is 6.08 Å². The van der Waals surface area contributed by atoms with Crippen molar-refractivity contribution in [3.05, 3.63) is 59.4 Å². The van der Waals surface area contributed by atoms with Gasteiger partial charge in [0.15, 0.2) is 17.3 Å². The molecule has 0 atom stereocenters. The molecule has 0 fully saturated rings. The Balaban J connectivity index is 1.48. The van der Waals surface area contributed by atoms with E-state index in [-0.39, 0.29) is 5.91 Å². The summed E-state index contributed by atoms with van der Waals surface area (Å²) in [4.78, 5) is 12.3. The smallest absolute Gasteiger partial charge is 0.248 e. The summed E-state index contributed by atoms with van der Waals surface area (Å²) < 4.78 is 12.7. The van der Waals surface area contributed by atoms with E-state index in [1.54, 1.807) is 10.8 Å². The van der Waals surface area contributed by atoms with Gasteiger partial charge in [-0.25, -0.2) is 0 Å². The maximum absolute atomic E-state index is 12.3. The number of carbonyl (C=O) groups excluding carboxylic acids is 1. The van der Waals surface area contributed by atoms with E-state index in [9.17, 15) is 4.79 Å². The van der Waals surface area contributed by atoms with Crippen LogP contribution in [0, 0.1) is 13.8 Å². The van der Waals surface area contributed by atoms with Crippen molar-refractivity contribution in [1.82, 2.24) is 20.2 Å².